The lowest BCUT2D eigenvalue weighted by atomic mass is 10.2. The van der Waals surface area contributed by atoms with Crippen LogP contribution in [0.25, 0.3) is 10.9 Å². The molecule has 0 aliphatic carbocycles. The number of hydrogen-bond donors (Lipinski definition) is 1. The van der Waals surface area contributed by atoms with Crippen molar-refractivity contribution in [3.63, 3.8) is 0 Å². The van der Waals surface area contributed by atoms with Crippen LogP contribution in [0.1, 0.15) is 0 Å². The molecule has 0 saturated carbocycles. The second-order valence-corrected chi connectivity index (χ2v) is 12.4. The van der Waals surface area contributed by atoms with Crippen molar-refractivity contribution in [2.45, 2.75) is 9.79 Å². The van der Waals surface area contributed by atoms with Crippen LogP contribution in [0, 0.1) is 0 Å². The summed E-state index contributed by atoms with van der Waals surface area (Å²) in [6, 6.07) is 19.9. The number of sulfone groups is 2. The Morgan fingerprint density at radius 1 is 0.861 bits per heavy atom. The van der Waals surface area contributed by atoms with Crippen LogP contribution in [0.2, 0.25) is 0 Å². The van der Waals surface area contributed by atoms with Crippen molar-refractivity contribution < 1.29 is 21.6 Å². The zero-order valence-corrected chi connectivity index (χ0v) is 21.2. The number of hydrogen-bond acceptors (Lipinski definition) is 9. The molecule has 36 heavy (non-hydrogen) atoms. The monoisotopic (exact) mass is 526 g/mol. The number of anilines is 2. The van der Waals surface area contributed by atoms with Gasteiger partial charge in [0.1, 0.15) is 34.3 Å². The fourth-order valence-corrected chi connectivity index (χ4v) is 5.47. The maximum Gasteiger partial charge on any atom is 0.206 e. The Hall–Kier alpha value is -3.70. The van der Waals surface area contributed by atoms with Gasteiger partial charge >= 0.3 is 0 Å². The van der Waals surface area contributed by atoms with Gasteiger partial charge in [0.05, 0.1) is 27.6 Å². The van der Waals surface area contributed by atoms with Gasteiger partial charge in [-0.1, -0.05) is 18.2 Å². The third-order valence-corrected chi connectivity index (χ3v) is 8.27. The van der Waals surface area contributed by atoms with Gasteiger partial charge in [0.25, 0.3) is 0 Å². The zero-order valence-electron chi connectivity index (χ0n) is 19.6. The highest BCUT2D eigenvalue weighted by Crippen LogP contribution is 2.25. The fraction of sp³-hybridized carbons (Fsp3) is 0.200. The Labute approximate surface area is 210 Å². The number of rotatable bonds is 10. The molecule has 0 atom stereocenters. The predicted octanol–water partition coefficient (Wildman–Crippen LogP) is 2.97. The average molecular weight is 527 g/mol. The highest BCUT2D eigenvalue weighted by molar-refractivity contribution is 7.91. The molecule has 4 aromatic rings. The summed E-state index contributed by atoms with van der Waals surface area (Å²) in [7, 11) is -6.86. The molecule has 9 nitrogen and oxygen atoms in total. The lowest BCUT2D eigenvalue weighted by molar-refractivity contribution is 0.324. The number of ether oxygens (including phenoxy) is 1. The SMILES string of the molecule is CS(=O)(=O)CCN(CCOc1ccc2ncnc(N)c2c1)c1ccc(S(=O)(=O)c2ccccc2)cc1. The van der Waals surface area contributed by atoms with E-state index in [0.717, 1.165) is 0 Å². The molecule has 3 aromatic carbocycles. The first kappa shape index (κ1) is 25.4. The Morgan fingerprint density at radius 3 is 2.25 bits per heavy atom. The van der Waals surface area contributed by atoms with Crippen LogP contribution in [0.15, 0.2) is 88.9 Å². The minimum Gasteiger partial charge on any atom is -0.492 e. The number of nitrogens with two attached hydrogens (primary N) is 1. The molecule has 0 aliphatic rings. The van der Waals surface area contributed by atoms with Crippen molar-refractivity contribution in [1.82, 2.24) is 9.97 Å². The van der Waals surface area contributed by atoms with Crippen LogP contribution in [0.4, 0.5) is 11.5 Å². The normalized spacial score (nSPS) is 11.9. The predicted molar refractivity (Wildman–Crippen MR) is 140 cm³/mol. The summed E-state index contributed by atoms with van der Waals surface area (Å²) in [5.74, 6) is 0.878. The van der Waals surface area contributed by atoms with Crippen LogP contribution >= 0.6 is 0 Å². The minimum absolute atomic E-state index is 0.0547. The fourth-order valence-electron chi connectivity index (χ4n) is 3.64. The van der Waals surface area contributed by atoms with Crippen LogP contribution in [0.3, 0.4) is 0 Å². The van der Waals surface area contributed by atoms with E-state index >= 15 is 0 Å². The first-order valence-corrected chi connectivity index (χ1v) is 14.6. The second-order valence-electron chi connectivity index (χ2n) is 8.21. The van der Waals surface area contributed by atoms with Crippen molar-refractivity contribution in [2.75, 3.05) is 42.3 Å². The number of nitrogen functional groups attached to an aromatic ring is 1. The molecule has 0 unspecified atom stereocenters. The molecule has 11 heteroatoms. The molecular formula is C25H26N4O5S2. The standard InChI is InChI=1S/C25H26N4O5S2/c1-35(30,31)16-14-29(13-15-34-20-9-12-24-23(17-20)25(26)28-18-27-24)19-7-10-22(11-8-19)36(32,33)21-5-3-2-4-6-21/h2-12,17-18H,13-16H2,1H3,(H2,26,27,28). The van der Waals surface area contributed by atoms with E-state index in [1.54, 1.807) is 60.7 Å². The highest BCUT2D eigenvalue weighted by Gasteiger charge is 2.18. The summed E-state index contributed by atoms with van der Waals surface area (Å²) in [6.45, 7) is 0.859. The maximum atomic E-state index is 12.9. The maximum absolute atomic E-state index is 12.9. The molecule has 0 fully saturated rings. The summed E-state index contributed by atoms with van der Waals surface area (Å²) in [5, 5.41) is 0.680. The van der Waals surface area contributed by atoms with Gasteiger partial charge in [0, 0.05) is 23.9 Å². The van der Waals surface area contributed by atoms with Gasteiger partial charge in [-0.3, -0.25) is 0 Å². The van der Waals surface area contributed by atoms with Crippen LogP contribution in [-0.2, 0) is 19.7 Å². The molecule has 2 N–H and O–H groups in total. The van der Waals surface area contributed by atoms with Crippen LogP contribution in [0.5, 0.6) is 5.75 Å². The van der Waals surface area contributed by atoms with Gasteiger partial charge in [-0.05, 0) is 54.6 Å². The largest absolute Gasteiger partial charge is 0.492 e. The summed E-state index contributed by atoms with van der Waals surface area (Å²) in [5.41, 5.74) is 7.31. The third-order valence-electron chi connectivity index (χ3n) is 5.57. The molecule has 0 radical (unpaired) electrons. The molecule has 0 saturated heterocycles. The number of nitrogens with zero attached hydrogens (tertiary/aromatic N) is 3. The molecule has 1 aromatic heterocycles. The van der Waals surface area contributed by atoms with Crippen molar-refractivity contribution in [3.05, 3.63) is 79.1 Å². The molecule has 188 valence electrons. The van der Waals surface area contributed by atoms with E-state index < -0.39 is 19.7 Å². The minimum atomic E-state index is -3.65. The van der Waals surface area contributed by atoms with E-state index in [4.69, 9.17) is 10.5 Å². The van der Waals surface area contributed by atoms with Crippen molar-refractivity contribution in [1.29, 1.82) is 0 Å². The van der Waals surface area contributed by atoms with E-state index in [1.165, 1.54) is 24.7 Å². The molecule has 0 bridgehead atoms. The Bertz CT molecular complexity index is 1560. The van der Waals surface area contributed by atoms with Gasteiger partial charge < -0.3 is 15.4 Å². The first-order chi connectivity index (χ1) is 17.1. The van der Waals surface area contributed by atoms with Crippen LogP contribution in [-0.4, -0.2) is 58.5 Å². The van der Waals surface area contributed by atoms with Gasteiger partial charge in [-0.2, -0.15) is 0 Å². The molecule has 0 spiro atoms. The Kier molecular flexibility index (Phi) is 7.41. The van der Waals surface area contributed by atoms with E-state index in [-0.39, 0.29) is 28.7 Å². The smallest absolute Gasteiger partial charge is 0.206 e. The first-order valence-electron chi connectivity index (χ1n) is 11.1. The van der Waals surface area contributed by atoms with E-state index in [1.807, 2.05) is 4.90 Å². The second kappa shape index (κ2) is 10.5. The van der Waals surface area contributed by atoms with Crippen molar-refractivity contribution in [3.8, 4) is 5.75 Å². The molecular weight excluding hydrogens is 500 g/mol. The quantitative estimate of drug-likeness (QED) is 0.331. The van der Waals surface area contributed by atoms with Gasteiger partial charge in [-0.25, -0.2) is 26.8 Å². The highest BCUT2D eigenvalue weighted by atomic mass is 32.2. The molecule has 4 rings (SSSR count). The number of aromatic nitrogens is 2. The van der Waals surface area contributed by atoms with Gasteiger partial charge in [-0.15, -0.1) is 0 Å². The zero-order chi connectivity index (χ0) is 25.8. The van der Waals surface area contributed by atoms with E-state index in [0.29, 0.717) is 34.7 Å². The van der Waals surface area contributed by atoms with Crippen molar-refractivity contribution >= 4 is 42.1 Å². The number of benzene rings is 3. The molecule has 0 aliphatic heterocycles. The van der Waals surface area contributed by atoms with Gasteiger partial charge in [0.2, 0.25) is 9.84 Å². The topological polar surface area (TPSA) is 133 Å². The molecule has 1 heterocycles. The summed E-state index contributed by atoms with van der Waals surface area (Å²) >= 11 is 0. The average Bonchev–Trinajstić information content (AvgIpc) is 2.86. The number of fused-ring (bicyclic) bond motifs is 1. The molecule has 0 amide bonds. The van der Waals surface area contributed by atoms with Gasteiger partial charge in [0.15, 0.2) is 0 Å². The lowest BCUT2D eigenvalue weighted by Crippen LogP contribution is -2.32. The summed E-state index contributed by atoms with van der Waals surface area (Å²) in [4.78, 5) is 10.4. The summed E-state index contributed by atoms with van der Waals surface area (Å²) < 4.78 is 55.3. The van der Waals surface area contributed by atoms with E-state index in [2.05, 4.69) is 9.97 Å². The summed E-state index contributed by atoms with van der Waals surface area (Å²) in [6.07, 6.45) is 2.58. The third kappa shape index (κ3) is 6.10. The van der Waals surface area contributed by atoms with Crippen LogP contribution < -0.4 is 15.4 Å². The van der Waals surface area contributed by atoms with E-state index in [9.17, 15) is 16.8 Å². The van der Waals surface area contributed by atoms with Crippen molar-refractivity contribution in [2.24, 2.45) is 0 Å². The Morgan fingerprint density at radius 2 is 1.56 bits per heavy atom. The lowest BCUT2D eigenvalue weighted by Gasteiger charge is -2.25. The Balaban J connectivity index is 1.50.